The third kappa shape index (κ3) is 7.22. The first-order valence-electron chi connectivity index (χ1n) is 10.8. The summed E-state index contributed by atoms with van der Waals surface area (Å²) in [7, 11) is 0. The molecule has 5 nitrogen and oxygen atoms in total. The Balaban J connectivity index is 1.66. The molecule has 174 valence electrons. The van der Waals surface area contributed by atoms with Crippen LogP contribution in [-0.4, -0.2) is 12.5 Å². The Labute approximate surface area is 202 Å². The highest BCUT2D eigenvalue weighted by Crippen LogP contribution is 2.35. The minimum Gasteiger partial charge on any atom is -0.490 e. The summed E-state index contributed by atoms with van der Waals surface area (Å²) in [4.78, 5) is 11.8. The van der Waals surface area contributed by atoms with Gasteiger partial charge in [-0.1, -0.05) is 41.9 Å². The molecule has 0 aliphatic carbocycles. The van der Waals surface area contributed by atoms with Gasteiger partial charge in [-0.3, -0.25) is 4.79 Å². The number of benzene rings is 3. The number of amides is 1. The second-order valence-corrected chi connectivity index (χ2v) is 8.67. The number of rotatable bonds is 10. The molecule has 3 aromatic rings. The van der Waals surface area contributed by atoms with Gasteiger partial charge >= 0.3 is 0 Å². The van der Waals surface area contributed by atoms with Gasteiger partial charge in [0.2, 0.25) is 5.91 Å². The number of halogens is 2. The van der Waals surface area contributed by atoms with Gasteiger partial charge in [-0.2, -0.15) is 0 Å². The largest absolute Gasteiger partial charge is 0.490 e. The summed E-state index contributed by atoms with van der Waals surface area (Å²) in [5.74, 6) is 0.906. The van der Waals surface area contributed by atoms with Gasteiger partial charge in [0, 0.05) is 28.3 Å². The molecule has 2 N–H and O–H groups in total. The topological polar surface area (TPSA) is 59.6 Å². The van der Waals surface area contributed by atoms with Crippen molar-refractivity contribution < 1.29 is 18.7 Å². The van der Waals surface area contributed by atoms with Crippen LogP contribution < -0.4 is 20.1 Å². The van der Waals surface area contributed by atoms with Crippen molar-refractivity contribution in [1.29, 1.82) is 0 Å². The molecule has 0 spiro atoms. The summed E-state index contributed by atoms with van der Waals surface area (Å²) in [5.41, 5.74) is 3.57. The lowest BCUT2D eigenvalue weighted by Crippen LogP contribution is -2.17. The number of hydrogen-bond donors (Lipinski definition) is 2. The van der Waals surface area contributed by atoms with Crippen LogP contribution in [0, 0.1) is 11.7 Å². The number of nitrogens with one attached hydrogen (secondary N) is 2. The van der Waals surface area contributed by atoms with Crippen LogP contribution in [0.4, 0.5) is 15.8 Å². The molecule has 1 amide bonds. The fourth-order valence-corrected chi connectivity index (χ4v) is 3.45. The van der Waals surface area contributed by atoms with Crippen molar-refractivity contribution in [2.45, 2.75) is 33.9 Å². The molecule has 0 fully saturated rings. The molecule has 0 aromatic heterocycles. The van der Waals surface area contributed by atoms with Crippen LogP contribution in [0.15, 0.2) is 65.1 Å². The van der Waals surface area contributed by atoms with Gasteiger partial charge in [-0.05, 0) is 66.6 Å². The first-order valence-corrected chi connectivity index (χ1v) is 11.6. The number of ether oxygens (including phenoxy) is 2. The third-order valence-electron chi connectivity index (χ3n) is 4.88. The van der Waals surface area contributed by atoms with E-state index in [4.69, 9.17) is 9.47 Å². The molecule has 0 aliphatic heterocycles. The molecule has 0 bridgehead atoms. The molecule has 7 heteroatoms. The molecular formula is C26H28BrFN2O3. The quantitative estimate of drug-likeness (QED) is 0.313. The van der Waals surface area contributed by atoms with E-state index in [2.05, 4.69) is 26.6 Å². The van der Waals surface area contributed by atoms with E-state index < -0.39 is 0 Å². The second-order valence-electron chi connectivity index (χ2n) is 7.81. The molecule has 0 atom stereocenters. The molecule has 3 aromatic carbocycles. The number of carbonyl (C=O) groups excluding carboxylic acids is 1. The van der Waals surface area contributed by atoms with E-state index in [1.165, 1.54) is 12.1 Å². The van der Waals surface area contributed by atoms with E-state index in [0.29, 0.717) is 31.3 Å². The van der Waals surface area contributed by atoms with Crippen molar-refractivity contribution >= 4 is 33.2 Å². The minimum absolute atomic E-state index is 0.00942. The van der Waals surface area contributed by atoms with Gasteiger partial charge in [-0.15, -0.1) is 0 Å². The maximum Gasteiger partial charge on any atom is 0.226 e. The number of anilines is 2. The zero-order chi connectivity index (χ0) is 23.8. The summed E-state index contributed by atoms with van der Waals surface area (Å²) in [6.07, 6.45) is 0. The van der Waals surface area contributed by atoms with Gasteiger partial charge in [0.05, 0.1) is 6.61 Å². The van der Waals surface area contributed by atoms with E-state index in [1.807, 2.05) is 57.2 Å². The molecule has 0 saturated carbocycles. The lowest BCUT2D eigenvalue weighted by molar-refractivity contribution is -0.118. The highest BCUT2D eigenvalue weighted by molar-refractivity contribution is 9.10. The first kappa shape index (κ1) is 24.6. The normalized spacial score (nSPS) is 10.7. The molecule has 0 heterocycles. The molecule has 3 rings (SSSR count). The molecule has 0 unspecified atom stereocenters. The predicted octanol–water partition coefficient (Wildman–Crippen LogP) is 6.77. The van der Waals surface area contributed by atoms with Crippen molar-refractivity contribution in [3.8, 4) is 11.5 Å². The smallest absolute Gasteiger partial charge is 0.226 e. The SMILES string of the molecule is CCOc1cc(CNc2ccc(NC(=O)C(C)C)cc2)c(Br)cc1OCc1ccc(F)cc1. The highest BCUT2D eigenvalue weighted by Gasteiger charge is 2.12. The summed E-state index contributed by atoms with van der Waals surface area (Å²) >= 11 is 3.62. The van der Waals surface area contributed by atoms with E-state index in [0.717, 1.165) is 27.0 Å². The molecule has 0 aliphatic rings. The van der Waals surface area contributed by atoms with Gasteiger partial charge in [0.25, 0.3) is 0 Å². The fraction of sp³-hybridized carbons (Fsp3) is 0.269. The standard InChI is InChI=1S/C26H28BrFN2O3/c1-4-32-24-13-19(15-29-21-9-11-22(12-10-21)30-26(31)17(2)3)23(27)14-25(24)33-16-18-5-7-20(28)8-6-18/h5-14,17,29H,4,15-16H2,1-3H3,(H,30,31). The lowest BCUT2D eigenvalue weighted by atomic mass is 10.1. The predicted molar refractivity (Wildman–Crippen MR) is 133 cm³/mol. The molecule has 0 radical (unpaired) electrons. The summed E-state index contributed by atoms with van der Waals surface area (Å²) in [6, 6.07) is 17.6. The zero-order valence-electron chi connectivity index (χ0n) is 19.0. The average molecular weight is 515 g/mol. The molecule has 0 saturated heterocycles. The van der Waals surface area contributed by atoms with Crippen molar-refractivity contribution in [2.75, 3.05) is 17.2 Å². The summed E-state index contributed by atoms with van der Waals surface area (Å²) in [6.45, 7) is 7.02. The van der Waals surface area contributed by atoms with Crippen LogP contribution in [0.2, 0.25) is 0 Å². The highest BCUT2D eigenvalue weighted by atomic mass is 79.9. The lowest BCUT2D eigenvalue weighted by Gasteiger charge is -2.16. The first-order chi connectivity index (χ1) is 15.9. The van der Waals surface area contributed by atoms with E-state index in [1.54, 1.807) is 12.1 Å². The Kier molecular flexibility index (Phi) is 8.72. The van der Waals surface area contributed by atoms with Crippen molar-refractivity contribution in [3.63, 3.8) is 0 Å². The summed E-state index contributed by atoms with van der Waals surface area (Å²) < 4.78 is 25.7. The monoisotopic (exact) mass is 514 g/mol. The Hall–Kier alpha value is -3.06. The van der Waals surface area contributed by atoms with Gasteiger partial charge in [0.15, 0.2) is 11.5 Å². The summed E-state index contributed by atoms with van der Waals surface area (Å²) in [5, 5.41) is 6.26. The Morgan fingerprint density at radius 1 is 0.970 bits per heavy atom. The maximum absolute atomic E-state index is 13.1. The second kappa shape index (κ2) is 11.7. The van der Waals surface area contributed by atoms with Gasteiger partial charge in [-0.25, -0.2) is 4.39 Å². The van der Waals surface area contributed by atoms with Gasteiger partial charge in [0.1, 0.15) is 12.4 Å². The van der Waals surface area contributed by atoms with Crippen LogP contribution in [0.5, 0.6) is 11.5 Å². The average Bonchev–Trinajstić information content (AvgIpc) is 2.80. The van der Waals surface area contributed by atoms with Crippen LogP contribution in [0.1, 0.15) is 31.9 Å². The minimum atomic E-state index is -0.275. The Morgan fingerprint density at radius 3 is 2.24 bits per heavy atom. The van der Waals surface area contributed by atoms with Crippen molar-refractivity contribution in [3.05, 3.63) is 82.1 Å². The Morgan fingerprint density at radius 2 is 1.61 bits per heavy atom. The van der Waals surface area contributed by atoms with Crippen LogP contribution >= 0.6 is 15.9 Å². The van der Waals surface area contributed by atoms with Crippen LogP contribution in [-0.2, 0) is 17.9 Å². The number of hydrogen-bond acceptors (Lipinski definition) is 4. The van der Waals surface area contributed by atoms with Gasteiger partial charge < -0.3 is 20.1 Å². The van der Waals surface area contributed by atoms with E-state index >= 15 is 0 Å². The third-order valence-corrected chi connectivity index (χ3v) is 5.62. The fourth-order valence-electron chi connectivity index (χ4n) is 2.99. The van der Waals surface area contributed by atoms with Crippen molar-refractivity contribution in [1.82, 2.24) is 0 Å². The van der Waals surface area contributed by atoms with Crippen molar-refractivity contribution in [2.24, 2.45) is 5.92 Å². The zero-order valence-corrected chi connectivity index (χ0v) is 20.5. The van der Waals surface area contributed by atoms with Crippen LogP contribution in [0.25, 0.3) is 0 Å². The Bertz CT molecular complexity index is 1070. The molecular weight excluding hydrogens is 487 g/mol. The van der Waals surface area contributed by atoms with E-state index in [9.17, 15) is 9.18 Å². The van der Waals surface area contributed by atoms with Crippen LogP contribution in [0.3, 0.4) is 0 Å². The molecule has 33 heavy (non-hydrogen) atoms. The van der Waals surface area contributed by atoms with E-state index in [-0.39, 0.29) is 17.6 Å². The maximum atomic E-state index is 13.1. The number of carbonyl (C=O) groups is 1.